The number of unbranched alkanes of at least 4 members (excludes halogenated alkanes) is 39. The Morgan fingerprint density at radius 1 is 0.291 bits per heavy atom. The lowest BCUT2D eigenvalue weighted by atomic mass is 9.74. The third-order valence-electron chi connectivity index (χ3n) is 12.8. The first-order chi connectivity index (χ1) is 27.0. The number of aliphatic carboxylic acids is 2. The Hall–Kier alpha value is -1.06. The van der Waals surface area contributed by atoms with Crippen LogP contribution in [0.4, 0.5) is 0 Å². The minimum absolute atomic E-state index is 0.147. The Morgan fingerprint density at radius 3 is 0.655 bits per heavy atom. The van der Waals surface area contributed by atoms with Crippen LogP contribution in [0.25, 0.3) is 0 Å². The molecule has 0 heterocycles. The monoisotopic (exact) mass is 777 g/mol. The summed E-state index contributed by atoms with van der Waals surface area (Å²) in [4.78, 5) is 23.8. The smallest absolute Gasteiger partial charge is 0.309 e. The molecule has 0 unspecified atom stereocenters. The van der Waals surface area contributed by atoms with E-state index in [1.807, 2.05) is 0 Å². The second-order valence-electron chi connectivity index (χ2n) is 18.1. The molecule has 328 valence electrons. The summed E-state index contributed by atoms with van der Waals surface area (Å²) in [5.41, 5.74) is -0.666. The second kappa shape index (κ2) is 44.1. The summed E-state index contributed by atoms with van der Waals surface area (Å²) in [7, 11) is 0. The van der Waals surface area contributed by atoms with Crippen LogP contribution in [0.5, 0.6) is 0 Å². The molecule has 0 atom stereocenters. The SMILES string of the molecule is CCCCCCCCCCCCCCCCCCCCCCC(CCCCCCCCCCCCCCCCCCCCCC)(CCCCC(=O)O)C(=O)O. The van der Waals surface area contributed by atoms with Crippen LogP contribution in [0, 0.1) is 5.41 Å². The fourth-order valence-electron chi connectivity index (χ4n) is 8.87. The van der Waals surface area contributed by atoms with Crippen LogP contribution in [-0.4, -0.2) is 22.2 Å². The largest absolute Gasteiger partial charge is 0.481 e. The highest BCUT2D eigenvalue weighted by molar-refractivity contribution is 5.74. The molecule has 55 heavy (non-hydrogen) atoms. The summed E-state index contributed by atoms with van der Waals surface area (Å²) in [6, 6.07) is 0. The molecule has 0 aromatic heterocycles. The molecule has 0 saturated heterocycles. The highest BCUT2D eigenvalue weighted by Gasteiger charge is 2.36. The Labute approximate surface area is 345 Å². The average Bonchev–Trinajstić information content (AvgIpc) is 3.17. The van der Waals surface area contributed by atoms with Crippen molar-refractivity contribution in [3.63, 3.8) is 0 Å². The summed E-state index contributed by atoms with van der Waals surface area (Å²) in [6.07, 6.45) is 57.8. The molecule has 2 N–H and O–H groups in total. The Balaban J connectivity index is 3.97. The van der Waals surface area contributed by atoms with Gasteiger partial charge in [0.2, 0.25) is 0 Å². The second-order valence-corrected chi connectivity index (χ2v) is 18.1. The van der Waals surface area contributed by atoms with Gasteiger partial charge in [0.25, 0.3) is 0 Å². The molecule has 0 spiro atoms. The molecule has 0 saturated carbocycles. The van der Waals surface area contributed by atoms with Gasteiger partial charge in [0.15, 0.2) is 0 Å². The zero-order valence-corrected chi connectivity index (χ0v) is 37.7. The first-order valence-electron chi connectivity index (χ1n) is 25.4. The van der Waals surface area contributed by atoms with Crippen molar-refractivity contribution in [3.05, 3.63) is 0 Å². The molecule has 0 aliphatic carbocycles. The lowest BCUT2D eigenvalue weighted by Gasteiger charge is -2.30. The molecule has 0 fully saturated rings. The van der Waals surface area contributed by atoms with Crippen LogP contribution in [-0.2, 0) is 9.59 Å². The fourth-order valence-corrected chi connectivity index (χ4v) is 8.87. The highest BCUT2D eigenvalue weighted by Crippen LogP contribution is 2.38. The number of carboxylic acid groups (broad SMARTS) is 2. The predicted octanol–water partition coefficient (Wildman–Crippen LogP) is 18.1. The standard InChI is InChI=1S/C51H100O4/c1-3-5-7-9-11-13-15-17-19-21-23-25-27-29-31-33-35-37-39-42-46-51(50(54)55,48-44-41-45-49(52)53)47-43-40-38-36-34-32-30-28-26-24-22-20-18-16-14-12-10-8-6-4-2/h3-48H2,1-2H3,(H,52,53)(H,54,55). The van der Waals surface area contributed by atoms with Crippen molar-refractivity contribution in [2.45, 2.75) is 309 Å². The minimum Gasteiger partial charge on any atom is -0.481 e. The van der Waals surface area contributed by atoms with Crippen molar-refractivity contribution in [1.29, 1.82) is 0 Å². The van der Waals surface area contributed by atoms with Gasteiger partial charge in [0.1, 0.15) is 0 Å². The van der Waals surface area contributed by atoms with E-state index in [-0.39, 0.29) is 6.42 Å². The van der Waals surface area contributed by atoms with Gasteiger partial charge in [-0.05, 0) is 25.7 Å². The normalized spacial score (nSPS) is 11.8. The molecule has 0 aromatic carbocycles. The topological polar surface area (TPSA) is 74.6 Å². The Morgan fingerprint density at radius 2 is 0.473 bits per heavy atom. The molecular formula is C51H100O4. The van der Waals surface area contributed by atoms with Gasteiger partial charge >= 0.3 is 11.9 Å². The average molecular weight is 777 g/mol. The zero-order valence-electron chi connectivity index (χ0n) is 37.7. The van der Waals surface area contributed by atoms with Gasteiger partial charge in [-0.2, -0.15) is 0 Å². The van der Waals surface area contributed by atoms with E-state index in [0.29, 0.717) is 19.3 Å². The van der Waals surface area contributed by atoms with Gasteiger partial charge in [-0.3, -0.25) is 9.59 Å². The van der Waals surface area contributed by atoms with Gasteiger partial charge in [-0.15, -0.1) is 0 Å². The van der Waals surface area contributed by atoms with Crippen molar-refractivity contribution < 1.29 is 19.8 Å². The molecule has 0 rings (SSSR count). The number of carboxylic acids is 2. The van der Waals surface area contributed by atoms with Crippen LogP contribution in [0.3, 0.4) is 0 Å². The third-order valence-corrected chi connectivity index (χ3v) is 12.8. The molecule has 4 heteroatoms. The van der Waals surface area contributed by atoms with Crippen LogP contribution in [0.1, 0.15) is 309 Å². The molecule has 0 aliphatic heterocycles. The third kappa shape index (κ3) is 39.5. The number of rotatable bonds is 48. The van der Waals surface area contributed by atoms with E-state index in [9.17, 15) is 14.7 Å². The maximum atomic E-state index is 12.7. The van der Waals surface area contributed by atoms with Crippen molar-refractivity contribution in [2.24, 2.45) is 5.41 Å². The van der Waals surface area contributed by atoms with Crippen molar-refractivity contribution in [2.75, 3.05) is 0 Å². The van der Waals surface area contributed by atoms with Crippen LogP contribution in [0.2, 0.25) is 0 Å². The molecule has 0 aromatic rings. The van der Waals surface area contributed by atoms with Gasteiger partial charge in [-0.1, -0.05) is 277 Å². The molecule has 0 radical (unpaired) electrons. The van der Waals surface area contributed by atoms with Crippen LogP contribution in [0.15, 0.2) is 0 Å². The highest BCUT2D eigenvalue weighted by atomic mass is 16.4. The quantitative estimate of drug-likeness (QED) is 0.0604. The molecule has 4 nitrogen and oxygen atoms in total. The van der Waals surface area contributed by atoms with Gasteiger partial charge < -0.3 is 10.2 Å². The lowest BCUT2D eigenvalue weighted by Crippen LogP contribution is -2.31. The van der Waals surface area contributed by atoms with Crippen LogP contribution < -0.4 is 0 Å². The predicted molar refractivity (Wildman–Crippen MR) is 241 cm³/mol. The minimum atomic E-state index is -0.774. The van der Waals surface area contributed by atoms with Crippen LogP contribution >= 0.6 is 0 Å². The van der Waals surface area contributed by atoms with E-state index in [1.54, 1.807) is 0 Å². The lowest BCUT2D eigenvalue weighted by molar-refractivity contribution is -0.150. The zero-order chi connectivity index (χ0) is 40.2. The summed E-state index contributed by atoms with van der Waals surface area (Å²) in [6.45, 7) is 4.58. The number of hydrogen-bond acceptors (Lipinski definition) is 2. The molecule has 0 amide bonds. The Kier molecular flexibility index (Phi) is 43.2. The van der Waals surface area contributed by atoms with E-state index >= 15 is 0 Å². The van der Waals surface area contributed by atoms with E-state index in [2.05, 4.69) is 13.8 Å². The number of carbonyl (C=O) groups is 2. The summed E-state index contributed by atoms with van der Waals surface area (Å²) in [5, 5.41) is 19.5. The summed E-state index contributed by atoms with van der Waals surface area (Å²) < 4.78 is 0. The van der Waals surface area contributed by atoms with E-state index in [1.165, 1.54) is 231 Å². The van der Waals surface area contributed by atoms with E-state index < -0.39 is 17.4 Å². The number of hydrogen-bond donors (Lipinski definition) is 2. The van der Waals surface area contributed by atoms with Crippen molar-refractivity contribution >= 4 is 11.9 Å². The maximum Gasteiger partial charge on any atom is 0.309 e. The van der Waals surface area contributed by atoms with Gasteiger partial charge in [0.05, 0.1) is 5.41 Å². The van der Waals surface area contributed by atoms with E-state index in [0.717, 1.165) is 38.5 Å². The first-order valence-corrected chi connectivity index (χ1v) is 25.4. The first kappa shape index (κ1) is 53.9. The fraction of sp³-hybridized carbons (Fsp3) is 0.961. The summed E-state index contributed by atoms with van der Waals surface area (Å²) >= 11 is 0. The van der Waals surface area contributed by atoms with Gasteiger partial charge in [-0.25, -0.2) is 0 Å². The van der Waals surface area contributed by atoms with E-state index in [4.69, 9.17) is 5.11 Å². The molecule has 0 bridgehead atoms. The summed E-state index contributed by atoms with van der Waals surface area (Å²) in [5.74, 6) is -1.41. The van der Waals surface area contributed by atoms with Crippen molar-refractivity contribution in [1.82, 2.24) is 0 Å². The van der Waals surface area contributed by atoms with Crippen molar-refractivity contribution in [3.8, 4) is 0 Å². The Bertz CT molecular complexity index is 735. The maximum absolute atomic E-state index is 12.7. The van der Waals surface area contributed by atoms with Gasteiger partial charge in [0, 0.05) is 6.42 Å². The molecular weight excluding hydrogens is 677 g/mol. The molecule has 0 aliphatic rings.